The van der Waals surface area contributed by atoms with Gasteiger partial charge in [0, 0.05) is 22.5 Å². The number of aromatic amines is 1. The average Bonchev–Trinajstić information content (AvgIpc) is 2.75. The first kappa shape index (κ1) is 16.6. The van der Waals surface area contributed by atoms with E-state index in [1.165, 1.54) is 0 Å². The van der Waals surface area contributed by atoms with Gasteiger partial charge in [-0.3, -0.25) is 9.59 Å². The summed E-state index contributed by atoms with van der Waals surface area (Å²) in [6.07, 6.45) is 0.317. The maximum atomic E-state index is 12.2. The van der Waals surface area contributed by atoms with Gasteiger partial charge in [-0.2, -0.15) is 0 Å². The van der Waals surface area contributed by atoms with Crippen molar-refractivity contribution in [2.24, 2.45) is 5.41 Å². The monoisotopic (exact) mass is 342 g/mol. The standard InChI is InChI=1S/C15H16Cl2N2O3/c1-15(2,14(21)22)5-6-18-13(20)12-11(17)9-7-8(16)3-4-10(9)19-12/h3-4,7,19H,5-6H2,1-2H3,(H,18,20)(H,21,22). The summed E-state index contributed by atoms with van der Waals surface area (Å²) in [5.74, 6) is -1.28. The van der Waals surface area contributed by atoms with Crippen molar-refractivity contribution in [2.75, 3.05) is 6.54 Å². The van der Waals surface area contributed by atoms with E-state index in [1.807, 2.05) is 0 Å². The van der Waals surface area contributed by atoms with Crippen LogP contribution < -0.4 is 5.32 Å². The van der Waals surface area contributed by atoms with Crippen LogP contribution in [0.1, 0.15) is 30.8 Å². The molecule has 22 heavy (non-hydrogen) atoms. The van der Waals surface area contributed by atoms with Crippen LogP contribution in [0.5, 0.6) is 0 Å². The molecule has 0 bridgehead atoms. The lowest BCUT2D eigenvalue weighted by atomic mass is 9.90. The van der Waals surface area contributed by atoms with Gasteiger partial charge in [-0.1, -0.05) is 23.2 Å². The van der Waals surface area contributed by atoms with Crippen molar-refractivity contribution in [3.8, 4) is 0 Å². The third kappa shape index (κ3) is 3.36. The SMILES string of the molecule is CC(C)(CCNC(=O)c1[nH]c2ccc(Cl)cc2c1Cl)C(=O)O. The van der Waals surface area contributed by atoms with Gasteiger partial charge in [0.15, 0.2) is 0 Å². The van der Waals surface area contributed by atoms with Crippen molar-refractivity contribution in [1.82, 2.24) is 10.3 Å². The zero-order valence-electron chi connectivity index (χ0n) is 12.2. The van der Waals surface area contributed by atoms with E-state index in [-0.39, 0.29) is 18.1 Å². The van der Waals surface area contributed by atoms with Crippen molar-refractivity contribution in [1.29, 1.82) is 0 Å². The van der Waals surface area contributed by atoms with E-state index >= 15 is 0 Å². The Bertz CT molecular complexity index is 738. The van der Waals surface area contributed by atoms with Gasteiger partial charge in [-0.05, 0) is 38.5 Å². The van der Waals surface area contributed by atoms with Crippen molar-refractivity contribution < 1.29 is 14.7 Å². The molecule has 1 aromatic carbocycles. The number of rotatable bonds is 5. The van der Waals surface area contributed by atoms with Crippen molar-refractivity contribution in [3.63, 3.8) is 0 Å². The molecule has 2 aromatic rings. The van der Waals surface area contributed by atoms with E-state index in [9.17, 15) is 9.59 Å². The Morgan fingerprint density at radius 2 is 2.00 bits per heavy atom. The summed E-state index contributed by atoms with van der Waals surface area (Å²) in [7, 11) is 0. The van der Waals surface area contributed by atoms with Crippen molar-refractivity contribution >= 4 is 46.0 Å². The normalized spacial score (nSPS) is 11.6. The average molecular weight is 343 g/mol. The molecule has 7 heteroatoms. The topological polar surface area (TPSA) is 82.2 Å². The minimum Gasteiger partial charge on any atom is -0.481 e. The molecule has 5 nitrogen and oxygen atoms in total. The summed E-state index contributed by atoms with van der Waals surface area (Å²) in [6, 6.07) is 5.13. The molecule has 0 aliphatic rings. The van der Waals surface area contributed by atoms with E-state index < -0.39 is 11.4 Å². The molecule has 0 saturated carbocycles. The highest BCUT2D eigenvalue weighted by Crippen LogP contribution is 2.29. The molecule has 118 valence electrons. The highest BCUT2D eigenvalue weighted by molar-refractivity contribution is 6.39. The Kier molecular flexibility index (Phi) is 4.68. The number of H-pyrrole nitrogens is 1. The van der Waals surface area contributed by atoms with Crippen LogP contribution >= 0.6 is 23.2 Å². The fourth-order valence-corrected chi connectivity index (χ4v) is 2.43. The molecule has 0 saturated heterocycles. The number of carbonyl (C=O) groups excluding carboxylic acids is 1. The first-order valence-corrected chi connectivity index (χ1v) is 7.46. The summed E-state index contributed by atoms with van der Waals surface area (Å²) in [5, 5.41) is 13.2. The van der Waals surface area contributed by atoms with Gasteiger partial charge in [0.25, 0.3) is 5.91 Å². The summed E-state index contributed by atoms with van der Waals surface area (Å²) >= 11 is 12.1. The van der Waals surface area contributed by atoms with E-state index in [0.29, 0.717) is 27.4 Å². The summed E-state index contributed by atoms with van der Waals surface area (Å²) in [5.41, 5.74) is 0.0582. The third-order valence-corrected chi connectivity index (χ3v) is 4.17. The second kappa shape index (κ2) is 6.18. The predicted octanol–water partition coefficient (Wildman–Crippen LogP) is 3.71. The molecule has 0 unspecified atom stereocenters. The van der Waals surface area contributed by atoms with E-state index in [4.69, 9.17) is 28.3 Å². The van der Waals surface area contributed by atoms with Gasteiger partial charge in [0.1, 0.15) is 5.69 Å². The molecule has 0 radical (unpaired) electrons. The quantitative estimate of drug-likeness (QED) is 0.774. The number of nitrogens with one attached hydrogen (secondary N) is 2. The zero-order valence-corrected chi connectivity index (χ0v) is 13.7. The number of hydrogen-bond acceptors (Lipinski definition) is 2. The van der Waals surface area contributed by atoms with Gasteiger partial charge >= 0.3 is 5.97 Å². The Balaban J connectivity index is 2.11. The Morgan fingerprint density at radius 3 is 2.64 bits per heavy atom. The first-order chi connectivity index (χ1) is 10.2. The number of fused-ring (bicyclic) bond motifs is 1. The Morgan fingerprint density at radius 1 is 1.32 bits per heavy atom. The summed E-state index contributed by atoms with van der Waals surface area (Å²) < 4.78 is 0. The van der Waals surface area contributed by atoms with Gasteiger partial charge in [0.05, 0.1) is 10.4 Å². The number of aromatic nitrogens is 1. The van der Waals surface area contributed by atoms with Crippen LogP contribution in [0.25, 0.3) is 10.9 Å². The van der Waals surface area contributed by atoms with E-state index in [0.717, 1.165) is 0 Å². The molecule has 0 aliphatic carbocycles. The van der Waals surface area contributed by atoms with Crippen LogP contribution in [0.2, 0.25) is 10.0 Å². The van der Waals surface area contributed by atoms with Crippen LogP contribution in [0.15, 0.2) is 18.2 Å². The van der Waals surface area contributed by atoms with Crippen LogP contribution in [0.4, 0.5) is 0 Å². The molecule has 1 aromatic heterocycles. The largest absolute Gasteiger partial charge is 0.481 e. The predicted molar refractivity (Wildman–Crippen MR) is 86.7 cm³/mol. The fourth-order valence-electron chi connectivity index (χ4n) is 1.97. The number of carbonyl (C=O) groups is 2. The van der Waals surface area contributed by atoms with Crippen molar-refractivity contribution in [3.05, 3.63) is 33.9 Å². The summed E-state index contributed by atoms with van der Waals surface area (Å²) in [4.78, 5) is 26.1. The van der Waals surface area contributed by atoms with Gasteiger partial charge < -0.3 is 15.4 Å². The minimum absolute atomic E-state index is 0.241. The van der Waals surface area contributed by atoms with Crippen LogP contribution in [0.3, 0.4) is 0 Å². The zero-order chi connectivity index (χ0) is 16.5. The van der Waals surface area contributed by atoms with E-state index in [1.54, 1.807) is 32.0 Å². The van der Waals surface area contributed by atoms with Gasteiger partial charge in [0.2, 0.25) is 0 Å². The smallest absolute Gasteiger partial charge is 0.309 e. The van der Waals surface area contributed by atoms with E-state index in [2.05, 4.69) is 10.3 Å². The lowest BCUT2D eigenvalue weighted by Gasteiger charge is -2.18. The van der Waals surface area contributed by atoms with Gasteiger partial charge in [-0.25, -0.2) is 0 Å². The molecule has 0 atom stereocenters. The fraction of sp³-hybridized carbons (Fsp3) is 0.333. The number of carboxylic acid groups (broad SMARTS) is 1. The number of amides is 1. The number of aliphatic carboxylic acids is 1. The summed E-state index contributed by atoms with van der Waals surface area (Å²) in [6.45, 7) is 3.46. The minimum atomic E-state index is -0.903. The highest BCUT2D eigenvalue weighted by atomic mass is 35.5. The highest BCUT2D eigenvalue weighted by Gasteiger charge is 2.27. The maximum absolute atomic E-state index is 12.2. The Labute approximate surface area is 137 Å². The molecular formula is C15H16Cl2N2O3. The number of halogens is 2. The molecule has 2 rings (SSSR count). The second-order valence-corrected chi connectivity index (χ2v) is 6.51. The van der Waals surface area contributed by atoms with Crippen molar-refractivity contribution in [2.45, 2.75) is 20.3 Å². The van der Waals surface area contributed by atoms with Crippen LogP contribution in [-0.4, -0.2) is 28.5 Å². The third-order valence-electron chi connectivity index (χ3n) is 3.54. The van der Waals surface area contributed by atoms with Crippen LogP contribution in [0, 0.1) is 5.41 Å². The number of benzene rings is 1. The lowest BCUT2D eigenvalue weighted by Crippen LogP contribution is -2.32. The van der Waals surface area contributed by atoms with Crippen LogP contribution in [-0.2, 0) is 4.79 Å². The molecule has 0 spiro atoms. The maximum Gasteiger partial charge on any atom is 0.309 e. The molecule has 0 aliphatic heterocycles. The van der Waals surface area contributed by atoms with Gasteiger partial charge in [-0.15, -0.1) is 0 Å². The molecule has 0 fully saturated rings. The first-order valence-electron chi connectivity index (χ1n) is 6.70. The molecule has 1 amide bonds. The lowest BCUT2D eigenvalue weighted by molar-refractivity contribution is -0.147. The molecule has 3 N–H and O–H groups in total. The molecular weight excluding hydrogens is 327 g/mol. The Hall–Kier alpha value is -1.72. The molecule has 1 heterocycles. The second-order valence-electron chi connectivity index (χ2n) is 5.70. The number of hydrogen-bond donors (Lipinski definition) is 3. The number of carboxylic acids is 1.